The van der Waals surface area contributed by atoms with Crippen LogP contribution in [0.15, 0.2) is 66.7 Å². The number of nitrogens with zero attached hydrogens (tertiary/aromatic N) is 2. The molecule has 5 heteroatoms. The molecule has 0 spiro atoms. The van der Waals surface area contributed by atoms with Gasteiger partial charge in [-0.05, 0) is 41.0 Å². The predicted octanol–water partition coefficient (Wildman–Crippen LogP) is 4.13. The quantitative estimate of drug-likeness (QED) is 0.698. The summed E-state index contributed by atoms with van der Waals surface area (Å²) in [6.07, 6.45) is 0.779. The summed E-state index contributed by atoms with van der Waals surface area (Å²) in [5, 5.41) is 6.02. The molecule has 2 aliphatic rings. The number of carbonyl (C=O) groups is 1. The van der Waals surface area contributed by atoms with Crippen molar-refractivity contribution < 1.29 is 9.53 Å². The van der Waals surface area contributed by atoms with Gasteiger partial charge in [-0.15, -0.1) is 0 Å². The zero-order valence-corrected chi connectivity index (χ0v) is 17.1. The van der Waals surface area contributed by atoms with Crippen LogP contribution in [0.4, 0.5) is 5.69 Å². The Bertz CT molecular complexity index is 1050. The Morgan fingerprint density at radius 3 is 2.53 bits per heavy atom. The molecular formula is C25H27N3O2. The van der Waals surface area contributed by atoms with Gasteiger partial charge in [-0.25, -0.2) is 0 Å². The van der Waals surface area contributed by atoms with Crippen molar-refractivity contribution in [2.24, 2.45) is 0 Å². The van der Waals surface area contributed by atoms with Crippen LogP contribution in [-0.2, 0) is 4.74 Å². The SMILES string of the molecule is O=C1c2ccccc2NC(c2ccc3ccccc3c2)N1CCCN1CCOCC1. The number of fused-ring (bicyclic) bond motifs is 2. The third-order valence-corrected chi connectivity index (χ3v) is 6.09. The van der Waals surface area contributed by atoms with Crippen LogP contribution in [-0.4, -0.2) is 55.1 Å². The van der Waals surface area contributed by atoms with E-state index in [0.29, 0.717) is 0 Å². The third kappa shape index (κ3) is 3.78. The van der Waals surface area contributed by atoms with Crippen molar-refractivity contribution in [3.05, 3.63) is 77.9 Å². The summed E-state index contributed by atoms with van der Waals surface area (Å²) in [6.45, 7) is 5.26. The van der Waals surface area contributed by atoms with Crippen molar-refractivity contribution in [1.82, 2.24) is 9.80 Å². The first-order valence-electron chi connectivity index (χ1n) is 10.7. The first-order chi connectivity index (χ1) is 14.8. The number of anilines is 1. The molecule has 154 valence electrons. The third-order valence-electron chi connectivity index (χ3n) is 6.09. The van der Waals surface area contributed by atoms with Crippen molar-refractivity contribution >= 4 is 22.4 Å². The highest BCUT2D eigenvalue weighted by Crippen LogP contribution is 2.34. The van der Waals surface area contributed by atoms with E-state index in [4.69, 9.17) is 4.74 Å². The average molecular weight is 402 g/mol. The molecule has 1 saturated heterocycles. The number of hydrogen-bond acceptors (Lipinski definition) is 4. The van der Waals surface area contributed by atoms with Crippen molar-refractivity contribution in [3.8, 4) is 0 Å². The zero-order chi connectivity index (χ0) is 20.3. The maximum atomic E-state index is 13.4. The number of benzene rings is 3. The molecule has 1 amide bonds. The van der Waals surface area contributed by atoms with E-state index >= 15 is 0 Å². The van der Waals surface area contributed by atoms with Crippen LogP contribution in [0.3, 0.4) is 0 Å². The summed E-state index contributed by atoms with van der Waals surface area (Å²) < 4.78 is 5.45. The van der Waals surface area contributed by atoms with E-state index < -0.39 is 0 Å². The minimum absolute atomic E-state index is 0.101. The van der Waals surface area contributed by atoms with E-state index in [1.807, 2.05) is 29.2 Å². The molecule has 2 heterocycles. The lowest BCUT2D eigenvalue weighted by molar-refractivity contribution is 0.0348. The Morgan fingerprint density at radius 1 is 0.900 bits per heavy atom. The van der Waals surface area contributed by atoms with Crippen molar-refractivity contribution in [1.29, 1.82) is 0 Å². The van der Waals surface area contributed by atoms with E-state index in [1.54, 1.807) is 0 Å². The van der Waals surface area contributed by atoms with E-state index in [2.05, 4.69) is 52.7 Å². The van der Waals surface area contributed by atoms with Crippen LogP contribution in [0.2, 0.25) is 0 Å². The number of para-hydroxylation sites is 1. The van der Waals surface area contributed by atoms with Gasteiger partial charge in [-0.2, -0.15) is 0 Å². The molecule has 0 aromatic heterocycles. The molecule has 0 aliphatic carbocycles. The van der Waals surface area contributed by atoms with E-state index in [1.165, 1.54) is 10.8 Å². The van der Waals surface area contributed by atoms with Gasteiger partial charge in [0.1, 0.15) is 6.17 Å². The predicted molar refractivity (Wildman–Crippen MR) is 120 cm³/mol. The lowest BCUT2D eigenvalue weighted by Gasteiger charge is -2.39. The number of morpholine rings is 1. The Balaban J connectivity index is 1.42. The summed E-state index contributed by atoms with van der Waals surface area (Å²) in [5.74, 6) is 0.101. The standard InChI is InChI=1S/C25H27N3O2/c29-25-22-8-3-4-9-23(22)26-24(21-11-10-19-6-1-2-7-20(19)18-21)28(25)13-5-12-27-14-16-30-17-15-27/h1-4,6-11,18,24,26H,5,12-17H2. The fourth-order valence-electron chi connectivity index (χ4n) is 4.45. The van der Waals surface area contributed by atoms with Gasteiger partial charge in [0, 0.05) is 31.9 Å². The molecule has 1 atom stereocenters. The summed E-state index contributed by atoms with van der Waals surface area (Å²) in [5.41, 5.74) is 2.77. The minimum Gasteiger partial charge on any atom is -0.379 e. The highest BCUT2D eigenvalue weighted by atomic mass is 16.5. The molecule has 3 aromatic carbocycles. The van der Waals surface area contributed by atoms with Gasteiger partial charge in [0.2, 0.25) is 0 Å². The number of nitrogens with one attached hydrogen (secondary N) is 1. The molecule has 5 rings (SSSR count). The van der Waals surface area contributed by atoms with E-state index in [9.17, 15) is 4.79 Å². The van der Waals surface area contributed by atoms with Gasteiger partial charge in [-0.1, -0.05) is 48.5 Å². The van der Waals surface area contributed by atoms with Gasteiger partial charge in [0.15, 0.2) is 0 Å². The average Bonchev–Trinajstić information content (AvgIpc) is 2.81. The second-order valence-electron chi connectivity index (χ2n) is 8.01. The Labute approximate surface area is 177 Å². The lowest BCUT2D eigenvalue weighted by Crippen LogP contribution is -2.44. The van der Waals surface area contributed by atoms with Crippen LogP contribution in [0, 0.1) is 0 Å². The lowest BCUT2D eigenvalue weighted by atomic mass is 10.0. The Hall–Kier alpha value is -2.89. The van der Waals surface area contributed by atoms with E-state index in [0.717, 1.165) is 62.6 Å². The highest BCUT2D eigenvalue weighted by molar-refractivity contribution is 6.01. The Kier molecular flexibility index (Phi) is 5.39. The topological polar surface area (TPSA) is 44.8 Å². The number of ether oxygens (including phenoxy) is 1. The van der Waals surface area contributed by atoms with Crippen molar-refractivity contribution in [2.45, 2.75) is 12.6 Å². The fraction of sp³-hybridized carbons (Fsp3) is 0.320. The number of amides is 1. The van der Waals surface area contributed by atoms with E-state index in [-0.39, 0.29) is 12.1 Å². The summed E-state index contributed by atoms with van der Waals surface area (Å²) in [6, 6.07) is 22.6. The molecular weight excluding hydrogens is 374 g/mol. The molecule has 0 saturated carbocycles. The monoisotopic (exact) mass is 401 g/mol. The molecule has 2 aliphatic heterocycles. The van der Waals surface area contributed by atoms with Gasteiger partial charge in [0.25, 0.3) is 5.91 Å². The molecule has 1 fully saturated rings. The molecule has 30 heavy (non-hydrogen) atoms. The van der Waals surface area contributed by atoms with Crippen LogP contribution >= 0.6 is 0 Å². The van der Waals surface area contributed by atoms with Gasteiger partial charge in [0.05, 0.1) is 18.8 Å². The summed E-state index contributed by atoms with van der Waals surface area (Å²) >= 11 is 0. The smallest absolute Gasteiger partial charge is 0.257 e. The molecule has 0 bridgehead atoms. The summed E-state index contributed by atoms with van der Waals surface area (Å²) in [4.78, 5) is 17.8. The van der Waals surface area contributed by atoms with Gasteiger partial charge in [-0.3, -0.25) is 9.69 Å². The number of hydrogen-bond donors (Lipinski definition) is 1. The largest absolute Gasteiger partial charge is 0.379 e. The molecule has 3 aromatic rings. The van der Waals surface area contributed by atoms with Crippen molar-refractivity contribution in [3.63, 3.8) is 0 Å². The van der Waals surface area contributed by atoms with Crippen LogP contribution in [0.25, 0.3) is 10.8 Å². The van der Waals surface area contributed by atoms with Crippen LogP contribution in [0.5, 0.6) is 0 Å². The second kappa shape index (κ2) is 8.46. The fourth-order valence-corrected chi connectivity index (χ4v) is 4.45. The Morgan fingerprint density at radius 2 is 1.67 bits per heavy atom. The summed E-state index contributed by atoms with van der Waals surface area (Å²) in [7, 11) is 0. The molecule has 5 nitrogen and oxygen atoms in total. The zero-order valence-electron chi connectivity index (χ0n) is 17.1. The van der Waals surface area contributed by atoms with Gasteiger partial charge < -0.3 is 15.0 Å². The number of carbonyl (C=O) groups excluding carboxylic acids is 1. The number of rotatable bonds is 5. The van der Waals surface area contributed by atoms with Crippen LogP contribution in [0.1, 0.15) is 28.5 Å². The first kappa shape index (κ1) is 19.1. The highest BCUT2D eigenvalue weighted by Gasteiger charge is 2.32. The maximum Gasteiger partial charge on any atom is 0.257 e. The first-order valence-corrected chi connectivity index (χ1v) is 10.7. The van der Waals surface area contributed by atoms with Crippen molar-refractivity contribution in [2.75, 3.05) is 44.7 Å². The molecule has 1 N–H and O–H groups in total. The molecule has 1 unspecified atom stereocenters. The normalized spacial score (nSPS) is 19.5. The maximum absolute atomic E-state index is 13.4. The minimum atomic E-state index is -0.165. The second-order valence-corrected chi connectivity index (χ2v) is 8.01. The van der Waals surface area contributed by atoms with Gasteiger partial charge >= 0.3 is 0 Å². The molecule has 0 radical (unpaired) electrons. The van der Waals surface area contributed by atoms with Crippen LogP contribution < -0.4 is 5.32 Å².